The summed E-state index contributed by atoms with van der Waals surface area (Å²) in [6, 6.07) is 3.65. The third-order valence-corrected chi connectivity index (χ3v) is 3.08. The number of hydrogen-bond acceptors (Lipinski definition) is 5. The Kier molecular flexibility index (Phi) is 6.70. The second-order valence-corrected chi connectivity index (χ2v) is 5.07. The molecule has 0 unspecified atom stereocenters. The van der Waals surface area contributed by atoms with E-state index in [1.165, 1.54) is 7.11 Å². The summed E-state index contributed by atoms with van der Waals surface area (Å²) in [5.41, 5.74) is 0.739. The second-order valence-electron chi connectivity index (χ2n) is 3.99. The topological polar surface area (TPSA) is 54.5 Å². The fourth-order valence-electron chi connectivity index (χ4n) is 1.24. The molecule has 0 aromatic carbocycles. The van der Waals surface area contributed by atoms with Crippen molar-refractivity contribution in [3.05, 3.63) is 18.3 Å². The number of amides is 1. The van der Waals surface area contributed by atoms with Crippen LogP contribution in [0.15, 0.2) is 23.4 Å². The molecule has 18 heavy (non-hydrogen) atoms. The first-order valence-electron chi connectivity index (χ1n) is 5.65. The summed E-state index contributed by atoms with van der Waals surface area (Å²) in [5, 5.41) is 3.63. The highest BCUT2D eigenvalue weighted by atomic mass is 32.2. The fourth-order valence-corrected chi connectivity index (χ4v) is 2.30. The molecule has 1 aromatic rings. The van der Waals surface area contributed by atoms with E-state index in [1.54, 1.807) is 24.0 Å². The maximum atomic E-state index is 11.5. The first-order chi connectivity index (χ1) is 8.63. The number of nitrogens with one attached hydrogen (secondary N) is 1. The lowest BCUT2D eigenvalue weighted by atomic mass is 10.4. The highest BCUT2D eigenvalue weighted by Crippen LogP contribution is 2.24. The summed E-state index contributed by atoms with van der Waals surface area (Å²) >= 11 is 1.63. The molecule has 0 aliphatic heterocycles. The molecule has 5 nitrogen and oxygen atoms in total. The van der Waals surface area contributed by atoms with E-state index >= 15 is 0 Å². The molecule has 0 aliphatic rings. The smallest absolute Gasteiger partial charge is 0.250 e. The minimum Gasteiger partial charge on any atom is -0.375 e. The molecule has 1 N–H and O–H groups in total. The van der Waals surface area contributed by atoms with Gasteiger partial charge < -0.3 is 15.0 Å². The zero-order valence-electron chi connectivity index (χ0n) is 11.0. The van der Waals surface area contributed by atoms with Crippen LogP contribution in [-0.4, -0.2) is 55.9 Å². The predicted octanol–water partition coefficient (Wildman–Crippen LogP) is 1.32. The molecule has 0 saturated heterocycles. The molecule has 0 saturated carbocycles. The van der Waals surface area contributed by atoms with Crippen molar-refractivity contribution in [1.29, 1.82) is 0 Å². The van der Waals surface area contributed by atoms with Gasteiger partial charge in [0.05, 0.1) is 5.69 Å². The van der Waals surface area contributed by atoms with E-state index in [2.05, 4.69) is 15.2 Å². The van der Waals surface area contributed by atoms with E-state index in [9.17, 15) is 4.79 Å². The van der Waals surface area contributed by atoms with Crippen molar-refractivity contribution in [3.8, 4) is 0 Å². The molecule has 100 valence electrons. The van der Waals surface area contributed by atoms with E-state index < -0.39 is 0 Å². The summed E-state index contributed by atoms with van der Waals surface area (Å²) in [4.78, 5) is 17.9. The van der Waals surface area contributed by atoms with Crippen LogP contribution in [0.5, 0.6) is 0 Å². The lowest BCUT2D eigenvalue weighted by Gasteiger charge is -2.11. The summed E-state index contributed by atoms with van der Waals surface area (Å²) < 4.78 is 4.78. The molecule has 1 amide bonds. The summed E-state index contributed by atoms with van der Waals surface area (Å²) in [5.74, 6) is 0.761. The molecule has 0 radical (unpaired) electrons. The highest BCUT2D eigenvalue weighted by Gasteiger charge is 2.07. The summed E-state index contributed by atoms with van der Waals surface area (Å²) in [6.45, 7) is 1.02. The van der Waals surface area contributed by atoms with Crippen molar-refractivity contribution >= 4 is 23.4 Å². The molecule has 6 heteroatoms. The second kappa shape index (κ2) is 8.07. The Bertz CT molecular complexity index is 385. The van der Waals surface area contributed by atoms with Gasteiger partial charge >= 0.3 is 0 Å². The number of pyridine rings is 1. The number of rotatable bonds is 7. The maximum absolute atomic E-state index is 11.5. The zero-order chi connectivity index (χ0) is 13.4. The van der Waals surface area contributed by atoms with Crippen molar-refractivity contribution in [2.75, 3.05) is 45.4 Å². The van der Waals surface area contributed by atoms with Crippen molar-refractivity contribution in [1.82, 2.24) is 9.88 Å². The maximum Gasteiger partial charge on any atom is 0.250 e. The Balaban J connectivity index is 2.58. The van der Waals surface area contributed by atoms with Crippen molar-refractivity contribution in [3.63, 3.8) is 0 Å². The van der Waals surface area contributed by atoms with Crippen LogP contribution in [0, 0.1) is 0 Å². The number of hydrogen-bond donors (Lipinski definition) is 1. The monoisotopic (exact) mass is 269 g/mol. The molecule has 1 aromatic heterocycles. The molecular formula is C12H19N3O2S. The number of aromatic nitrogens is 1. The number of anilines is 1. The van der Waals surface area contributed by atoms with Gasteiger partial charge in [-0.25, -0.2) is 4.98 Å². The number of thioether (sulfide) groups is 1. The molecule has 0 bridgehead atoms. The summed E-state index contributed by atoms with van der Waals surface area (Å²) in [7, 11) is 5.55. The Hall–Kier alpha value is -1.11. The Labute approximate surface area is 112 Å². The molecular weight excluding hydrogens is 250 g/mol. The number of carbonyl (C=O) groups excluding carboxylic acids is 1. The first kappa shape index (κ1) is 14.9. The van der Waals surface area contributed by atoms with Crippen LogP contribution < -0.4 is 5.32 Å². The van der Waals surface area contributed by atoms with E-state index in [4.69, 9.17) is 4.74 Å². The van der Waals surface area contributed by atoms with E-state index in [0.29, 0.717) is 0 Å². The van der Waals surface area contributed by atoms with Gasteiger partial charge in [0.1, 0.15) is 11.6 Å². The van der Waals surface area contributed by atoms with Crippen LogP contribution in [-0.2, 0) is 9.53 Å². The van der Waals surface area contributed by atoms with Crippen molar-refractivity contribution in [2.45, 2.75) is 5.03 Å². The molecule has 1 heterocycles. The van der Waals surface area contributed by atoms with Gasteiger partial charge in [-0.05, 0) is 26.2 Å². The first-order valence-corrected chi connectivity index (χ1v) is 6.63. The van der Waals surface area contributed by atoms with Gasteiger partial charge in [-0.1, -0.05) is 0 Å². The normalized spacial score (nSPS) is 10.7. The van der Waals surface area contributed by atoms with Crippen LogP contribution >= 0.6 is 11.8 Å². The van der Waals surface area contributed by atoms with Gasteiger partial charge in [-0.2, -0.15) is 0 Å². The minimum absolute atomic E-state index is 0.0523. The van der Waals surface area contributed by atoms with Crippen LogP contribution in [0.4, 0.5) is 5.69 Å². The third-order valence-electron chi connectivity index (χ3n) is 2.10. The lowest BCUT2D eigenvalue weighted by molar-refractivity contribution is -0.119. The Morgan fingerprint density at radius 2 is 2.33 bits per heavy atom. The Morgan fingerprint density at radius 1 is 1.56 bits per heavy atom. The van der Waals surface area contributed by atoms with E-state index in [1.807, 2.05) is 20.2 Å². The molecule has 0 atom stereocenters. The standard InChI is InChI=1S/C12H19N3O2S/c1-15(2)7-8-18-12-10(5-4-6-13-12)14-11(16)9-17-3/h4-6H,7-9H2,1-3H3,(H,14,16). The van der Waals surface area contributed by atoms with Crippen LogP contribution in [0.2, 0.25) is 0 Å². The third kappa shape index (κ3) is 5.48. The van der Waals surface area contributed by atoms with E-state index in [0.717, 1.165) is 23.0 Å². The molecule has 1 rings (SSSR count). The van der Waals surface area contributed by atoms with Crippen LogP contribution in [0.3, 0.4) is 0 Å². The molecule has 0 fully saturated rings. The molecule has 0 aliphatic carbocycles. The van der Waals surface area contributed by atoms with Gasteiger partial charge in [0, 0.05) is 25.6 Å². The van der Waals surface area contributed by atoms with Gasteiger partial charge in [-0.15, -0.1) is 11.8 Å². The average molecular weight is 269 g/mol. The quantitative estimate of drug-likeness (QED) is 0.757. The van der Waals surface area contributed by atoms with Crippen LogP contribution in [0.25, 0.3) is 0 Å². The van der Waals surface area contributed by atoms with Crippen molar-refractivity contribution < 1.29 is 9.53 Å². The van der Waals surface area contributed by atoms with E-state index in [-0.39, 0.29) is 12.5 Å². The highest BCUT2D eigenvalue weighted by molar-refractivity contribution is 7.99. The fraction of sp³-hybridized carbons (Fsp3) is 0.500. The van der Waals surface area contributed by atoms with Crippen LogP contribution in [0.1, 0.15) is 0 Å². The van der Waals surface area contributed by atoms with Gasteiger partial charge in [0.25, 0.3) is 0 Å². The van der Waals surface area contributed by atoms with Gasteiger partial charge in [-0.3, -0.25) is 4.79 Å². The molecule has 0 spiro atoms. The summed E-state index contributed by atoms with van der Waals surface area (Å²) in [6.07, 6.45) is 1.73. The Morgan fingerprint density at radius 3 is 3.00 bits per heavy atom. The lowest BCUT2D eigenvalue weighted by Crippen LogP contribution is -2.18. The minimum atomic E-state index is -0.167. The average Bonchev–Trinajstić information content (AvgIpc) is 2.31. The van der Waals surface area contributed by atoms with Gasteiger partial charge in [0.2, 0.25) is 5.91 Å². The number of nitrogens with zero attached hydrogens (tertiary/aromatic N) is 2. The SMILES string of the molecule is COCC(=O)Nc1cccnc1SCCN(C)C. The number of carbonyl (C=O) groups is 1. The van der Waals surface area contributed by atoms with Crippen molar-refractivity contribution in [2.24, 2.45) is 0 Å². The zero-order valence-corrected chi connectivity index (χ0v) is 11.8. The number of methoxy groups -OCH3 is 1. The largest absolute Gasteiger partial charge is 0.375 e. The number of ether oxygens (including phenoxy) is 1. The predicted molar refractivity (Wildman–Crippen MR) is 74.0 cm³/mol. The van der Waals surface area contributed by atoms with Gasteiger partial charge in [0.15, 0.2) is 0 Å².